The first-order valence-electron chi connectivity index (χ1n) is 4.93. The van der Waals surface area contributed by atoms with Crippen LogP contribution >= 0.6 is 0 Å². The van der Waals surface area contributed by atoms with Crippen molar-refractivity contribution in [2.45, 2.75) is 41.0 Å². The Kier molecular flexibility index (Phi) is 2.96. The van der Waals surface area contributed by atoms with Gasteiger partial charge in [-0.15, -0.1) is 0 Å². The SMILES string of the molecule is CC1=C(C)C(C)=C(C#N)C(C)=C(C)C1. The maximum absolute atomic E-state index is 9.11. The minimum atomic E-state index is 0.858. The second kappa shape index (κ2) is 3.84. The number of hydrogen-bond donors (Lipinski definition) is 0. The van der Waals surface area contributed by atoms with Gasteiger partial charge in [0.15, 0.2) is 0 Å². The van der Waals surface area contributed by atoms with Crippen molar-refractivity contribution in [3.8, 4) is 6.07 Å². The molecular formula is C13H17N. The lowest BCUT2D eigenvalue weighted by Crippen LogP contribution is -1.89. The number of allylic oxidation sites excluding steroid dienone is 6. The molecule has 0 fully saturated rings. The summed E-state index contributed by atoms with van der Waals surface area (Å²) in [6.45, 7) is 10.5. The van der Waals surface area contributed by atoms with Gasteiger partial charge in [0.1, 0.15) is 0 Å². The summed E-state index contributed by atoms with van der Waals surface area (Å²) >= 11 is 0. The Morgan fingerprint density at radius 2 is 1.36 bits per heavy atom. The predicted molar refractivity (Wildman–Crippen MR) is 59.7 cm³/mol. The van der Waals surface area contributed by atoms with Crippen LogP contribution in [0.3, 0.4) is 0 Å². The van der Waals surface area contributed by atoms with Crippen molar-refractivity contribution in [3.05, 3.63) is 33.4 Å². The molecule has 1 heteroatoms. The molecule has 1 nitrogen and oxygen atoms in total. The molecule has 0 saturated carbocycles. The summed E-state index contributed by atoms with van der Waals surface area (Å²) in [4.78, 5) is 0. The number of nitrogens with zero attached hydrogens (tertiary/aromatic N) is 1. The fourth-order valence-electron chi connectivity index (χ4n) is 1.83. The van der Waals surface area contributed by atoms with Crippen molar-refractivity contribution in [1.29, 1.82) is 5.26 Å². The van der Waals surface area contributed by atoms with E-state index >= 15 is 0 Å². The summed E-state index contributed by atoms with van der Waals surface area (Å²) in [5.74, 6) is 0. The van der Waals surface area contributed by atoms with Gasteiger partial charge < -0.3 is 0 Å². The van der Waals surface area contributed by atoms with Gasteiger partial charge in [0.05, 0.1) is 11.6 Å². The summed E-state index contributed by atoms with van der Waals surface area (Å²) in [6, 6.07) is 2.31. The second-order valence-electron chi connectivity index (χ2n) is 4.10. The molecule has 0 unspecified atom stereocenters. The average molecular weight is 187 g/mol. The summed E-state index contributed by atoms with van der Waals surface area (Å²) in [7, 11) is 0. The van der Waals surface area contributed by atoms with Gasteiger partial charge in [0, 0.05) is 0 Å². The van der Waals surface area contributed by atoms with Crippen molar-refractivity contribution >= 4 is 0 Å². The van der Waals surface area contributed by atoms with Crippen LogP contribution in [0.4, 0.5) is 0 Å². The van der Waals surface area contributed by atoms with E-state index in [4.69, 9.17) is 5.26 Å². The Morgan fingerprint density at radius 1 is 0.857 bits per heavy atom. The fraction of sp³-hybridized carbons (Fsp3) is 0.462. The number of hydrogen-bond acceptors (Lipinski definition) is 1. The smallest absolute Gasteiger partial charge is 0.0997 e. The van der Waals surface area contributed by atoms with E-state index in [0.717, 1.165) is 23.1 Å². The second-order valence-corrected chi connectivity index (χ2v) is 4.10. The zero-order valence-electron chi connectivity index (χ0n) is 9.65. The van der Waals surface area contributed by atoms with Gasteiger partial charge in [-0.05, 0) is 57.8 Å². The fourth-order valence-corrected chi connectivity index (χ4v) is 1.83. The van der Waals surface area contributed by atoms with Crippen molar-refractivity contribution in [2.75, 3.05) is 0 Å². The van der Waals surface area contributed by atoms with Gasteiger partial charge in [0.25, 0.3) is 0 Å². The Morgan fingerprint density at radius 3 is 1.86 bits per heavy atom. The highest BCUT2D eigenvalue weighted by atomic mass is 14.3. The summed E-state index contributed by atoms with van der Waals surface area (Å²) in [6.07, 6.45) is 1.00. The molecule has 0 N–H and O–H groups in total. The third kappa shape index (κ3) is 1.65. The zero-order chi connectivity index (χ0) is 10.9. The van der Waals surface area contributed by atoms with Crippen molar-refractivity contribution in [2.24, 2.45) is 0 Å². The van der Waals surface area contributed by atoms with Crippen molar-refractivity contribution in [1.82, 2.24) is 0 Å². The number of rotatable bonds is 0. The van der Waals surface area contributed by atoms with Crippen LogP contribution < -0.4 is 0 Å². The lowest BCUT2D eigenvalue weighted by atomic mass is 9.98. The zero-order valence-corrected chi connectivity index (χ0v) is 9.65. The Balaban J connectivity index is 3.47. The molecule has 0 aromatic rings. The summed E-state index contributed by atoms with van der Waals surface area (Å²) in [5.41, 5.74) is 7.12. The molecule has 74 valence electrons. The minimum absolute atomic E-state index is 0.858. The molecule has 0 aromatic heterocycles. The molecule has 1 aliphatic rings. The average Bonchev–Trinajstić information content (AvgIpc) is 2.21. The van der Waals surface area contributed by atoms with Crippen LogP contribution in [-0.4, -0.2) is 0 Å². The van der Waals surface area contributed by atoms with Gasteiger partial charge in [-0.25, -0.2) is 0 Å². The third-order valence-corrected chi connectivity index (χ3v) is 3.23. The predicted octanol–water partition coefficient (Wildman–Crippen LogP) is 3.90. The van der Waals surface area contributed by atoms with Crippen molar-refractivity contribution in [3.63, 3.8) is 0 Å². The summed E-state index contributed by atoms with van der Waals surface area (Å²) < 4.78 is 0. The largest absolute Gasteiger partial charge is 0.192 e. The van der Waals surface area contributed by atoms with Crippen LogP contribution in [0.15, 0.2) is 33.4 Å². The standard InChI is InChI=1S/C13H17N/c1-8-6-9(2)11(4)13(7-14)12(5)10(8)3/h6H2,1-5H3. The van der Waals surface area contributed by atoms with Crippen LogP contribution in [0.5, 0.6) is 0 Å². The normalized spacial score (nSPS) is 18.6. The van der Waals surface area contributed by atoms with E-state index < -0.39 is 0 Å². The Hall–Kier alpha value is -1.29. The Labute approximate surface area is 86.4 Å². The van der Waals surface area contributed by atoms with E-state index in [-0.39, 0.29) is 0 Å². The highest BCUT2D eigenvalue weighted by Gasteiger charge is 2.14. The van der Waals surface area contributed by atoms with Gasteiger partial charge in [-0.2, -0.15) is 5.26 Å². The van der Waals surface area contributed by atoms with E-state index in [1.54, 1.807) is 0 Å². The summed E-state index contributed by atoms with van der Waals surface area (Å²) in [5, 5.41) is 9.11. The molecule has 0 aromatic carbocycles. The molecule has 0 bridgehead atoms. The highest BCUT2D eigenvalue weighted by Crippen LogP contribution is 2.31. The quantitative estimate of drug-likeness (QED) is 0.564. The van der Waals surface area contributed by atoms with Crippen LogP contribution in [0.25, 0.3) is 0 Å². The maximum atomic E-state index is 9.11. The molecule has 0 saturated heterocycles. The molecule has 14 heavy (non-hydrogen) atoms. The van der Waals surface area contributed by atoms with Gasteiger partial charge >= 0.3 is 0 Å². The monoisotopic (exact) mass is 187 g/mol. The van der Waals surface area contributed by atoms with Gasteiger partial charge in [-0.3, -0.25) is 0 Å². The maximum Gasteiger partial charge on any atom is 0.0997 e. The van der Waals surface area contributed by atoms with E-state index in [9.17, 15) is 0 Å². The first kappa shape index (κ1) is 10.8. The van der Waals surface area contributed by atoms with E-state index in [1.807, 2.05) is 13.8 Å². The molecule has 0 atom stereocenters. The van der Waals surface area contributed by atoms with Gasteiger partial charge in [-0.1, -0.05) is 11.1 Å². The van der Waals surface area contributed by atoms with Gasteiger partial charge in [0.2, 0.25) is 0 Å². The van der Waals surface area contributed by atoms with Crippen molar-refractivity contribution < 1.29 is 0 Å². The molecule has 0 amide bonds. The highest BCUT2D eigenvalue weighted by molar-refractivity contribution is 5.55. The molecule has 0 radical (unpaired) electrons. The topological polar surface area (TPSA) is 23.8 Å². The lowest BCUT2D eigenvalue weighted by Gasteiger charge is -2.05. The molecule has 0 spiro atoms. The third-order valence-electron chi connectivity index (χ3n) is 3.23. The van der Waals surface area contributed by atoms with E-state index in [0.29, 0.717) is 0 Å². The molecule has 0 aliphatic heterocycles. The number of nitriles is 1. The van der Waals surface area contributed by atoms with Crippen LogP contribution in [0, 0.1) is 11.3 Å². The minimum Gasteiger partial charge on any atom is -0.192 e. The van der Waals surface area contributed by atoms with Crippen LogP contribution in [0.2, 0.25) is 0 Å². The first-order valence-corrected chi connectivity index (χ1v) is 4.93. The van der Waals surface area contributed by atoms with Crippen LogP contribution in [0.1, 0.15) is 41.0 Å². The Bertz CT molecular complexity index is 397. The molecule has 1 aliphatic carbocycles. The first-order chi connectivity index (χ1) is 6.49. The van der Waals surface area contributed by atoms with E-state index in [2.05, 4.69) is 26.8 Å². The van der Waals surface area contributed by atoms with Crippen LogP contribution in [-0.2, 0) is 0 Å². The van der Waals surface area contributed by atoms with E-state index in [1.165, 1.54) is 16.7 Å². The molecule has 1 rings (SSSR count). The molecular weight excluding hydrogens is 170 g/mol. The lowest BCUT2D eigenvalue weighted by molar-refractivity contribution is 1.06. The molecule has 0 heterocycles.